The molecule has 1 amide bonds. The third-order valence-electron chi connectivity index (χ3n) is 6.36. The number of aliphatic hydroxyl groups is 1. The summed E-state index contributed by atoms with van der Waals surface area (Å²) < 4.78 is 59.4. The lowest BCUT2D eigenvalue weighted by molar-refractivity contribution is -0.137. The molecule has 0 saturated heterocycles. The van der Waals surface area contributed by atoms with Crippen LogP contribution in [0.1, 0.15) is 53.4 Å². The Morgan fingerprint density at radius 3 is 2.38 bits per heavy atom. The summed E-state index contributed by atoms with van der Waals surface area (Å²) in [7, 11) is -1.21. The molecule has 1 atom stereocenters. The molecule has 214 valence electrons. The predicted molar refractivity (Wildman–Crippen MR) is 146 cm³/mol. The van der Waals surface area contributed by atoms with Crippen molar-refractivity contribution in [2.45, 2.75) is 45.3 Å². The van der Waals surface area contributed by atoms with Crippen molar-refractivity contribution in [1.29, 1.82) is 0 Å². The zero-order valence-corrected chi connectivity index (χ0v) is 23.7. The van der Waals surface area contributed by atoms with Gasteiger partial charge in [-0.2, -0.15) is 18.2 Å². The van der Waals surface area contributed by atoms with Crippen molar-refractivity contribution in [3.05, 3.63) is 70.4 Å². The lowest BCUT2D eigenvalue weighted by Crippen LogP contribution is -2.19. The minimum Gasteiger partial charge on any atom is -0.386 e. The Morgan fingerprint density at radius 2 is 1.77 bits per heavy atom. The average molecular weight is 578 g/mol. The third kappa shape index (κ3) is 6.46. The molecule has 1 aliphatic rings. The maximum Gasteiger partial charge on any atom is 0.421 e. The van der Waals surface area contributed by atoms with E-state index in [4.69, 9.17) is 4.52 Å². The number of aromatic nitrogens is 2. The van der Waals surface area contributed by atoms with Crippen LogP contribution in [0.15, 0.2) is 42.6 Å². The zero-order chi connectivity index (χ0) is 29.5. The van der Waals surface area contributed by atoms with Gasteiger partial charge in [0.15, 0.2) is 0 Å². The van der Waals surface area contributed by atoms with Crippen LogP contribution in [0.4, 0.5) is 36.3 Å². The van der Waals surface area contributed by atoms with E-state index >= 15 is 0 Å². The lowest BCUT2D eigenvalue weighted by Gasteiger charge is -2.22. The summed E-state index contributed by atoms with van der Waals surface area (Å²) >= 11 is 0. The van der Waals surface area contributed by atoms with Crippen LogP contribution in [0.2, 0.25) is 0 Å². The third-order valence-corrected chi connectivity index (χ3v) is 8.10. The van der Waals surface area contributed by atoms with Gasteiger partial charge in [-0.05, 0) is 55.7 Å². The number of halogens is 3. The van der Waals surface area contributed by atoms with Crippen LogP contribution in [0, 0.1) is 0 Å². The van der Waals surface area contributed by atoms with E-state index in [1.807, 2.05) is 0 Å². The number of amides is 1. The van der Waals surface area contributed by atoms with Crippen LogP contribution in [-0.4, -0.2) is 46.2 Å². The maximum atomic E-state index is 13.9. The fourth-order valence-corrected chi connectivity index (χ4v) is 6.09. The number of nitrogens with zero attached hydrogens (tertiary/aromatic N) is 3. The zero-order valence-electron chi connectivity index (χ0n) is 22.8. The van der Waals surface area contributed by atoms with E-state index in [1.165, 1.54) is 11.0 Å². The summed E-state index contributed by atoms with van der Waals surface area (Å²) in [6, 6.07) is 9.86. The van der Waals surface area contributed by atoms with Crippen molar-refractivity contribution in [3.63, 3.8) is 0 Å². The fourth-order valence-electron chi connectivity index (χ4n) is 4.58. The fraction of sp³-hybridized carbons (Fsp3) is 0.370. The van der Waals surface area contributed by atoms with E-state index in [0.29, 0.717) is 29.6 Å². The van der Waals surface area contributed by atoms with Gasteiger partial charge in [-0.3, -0.25) is 9.36 Å². The number of hydrogen-bond acceptors (Lipinski definition) is 8. The number of anilines is 4. The molecule has 9 nitrogen and oxygen atoms in total. The van der Waals surface area contributed by atoms with Gasteiger partial charge < -0.3 is 25.2 Å². The van der Waals surface area contributed by atoms with E-state index in [2.05, 4.69) is 20.6 Å². The summed E-state index contributed by atoms with van der Waals surface area (Å²) in [5.74, 6) is -1.02. The van der Waals surface area contributed by atoms with Crippen LogP contribution in [0.25, 0.3) is 0 Å². The molecule has 1 unspecified atom stereocenters. The number of rotatable bonds is 9. The van der Waals surface area contributed by atoms with Crippen molar-refractivity contribution in [3.8, 4) is 0 Å². The van der Waals surface area contributed by atoms with Crippen LogP contribution < -0.4 is 10.6 Å². The highest BCUT2D eigenvalue weighted by Gasteiger charge is 2.37. The molecule has 1 aliphatic heterocycles. The van der Waals surface area contributed by atoms with E-state index in [9.17, 15) is 27.6 Å². The topological polar surface area (TPSA) is 117 Å². The van der Waals surface area contributed by atoms with Crippen LogP contribution in [-0.2, 0) is 33.6 Å². The van der Waals surface area contributed by atoms with Gasteiger partial charge in [0.1, 0.15) is 11.4 Å². The smallest absolute Gasteiger partial charge is 0.386 e. The molecular weight excluding hydrogens is 546 g/mol. The second kappa shape index (κ2) is 10.8. The Morgan fingerprint density at radius 1 is 1.10 bits per heavy atom. The van der Waals surface area contributed by atoms with Gasteiger partial charge in [-0.15, -0.1) is 0 Å². The minimum absolute atomic E-state index is 0.105. The van der Waals surface area contributed by atoms with Gasteiger partial charge in [0.05, 0.1) is 23.5 Å². The molecule has 0 spiro atoms. The molecule has 0 fully saturated rings. The van der Waals surface area contributed by atoms with Crippen molar-refractivity contribution in [2.75, 3.05) is 31.0 Å². The first kappa shape index (κ1) is 29.5. The van der Waals surface area contributed by atoms with Crippen LogP contribution >= 0.6 is 7.37 Å². The number of hydrogen-bond donors (Lipinski definition) is 3. The summed E-state index contributed by atoms with van der Waals surface area (Å²) in [6.45, 7) is 7.04. The Kier molecular flexibility index (Phi) is 7.99. The first-order chi connectivity index (χ1) is 18.6. The predicted octanol–water partition coefficient (Wildman–Crippen LogP) is 6.24. The monoisotopic (exact) mass is 577 g/mol. The molecule has 2 heterocycles. The highest BCUT2D eigenvalue weighted by molar-refractivity contribution is 7.57. The second-order valence-corrected chi connectivity index (χ2v) is 12.8. The molecule has 0 aliphatic carbocycles. The van der Waals surface area contributed by atoms with Crippen molar-refractivity contribution in [1.82, 2.24) is 14.9 Å². The number of carbonyl (C=O) groups excluding carboxylic acids is 1. The highest BCUT2D eigenvalue weighted by Crippen LogP contribution is 2.46. The van der Waals surface area contributed by atoms with E-state index in [-0.39, 0.29) is 35.8 Å². The second-order valence-electron chi connectivity index (χ2n) is 10.2. The largest absolute Gasteiger partial charge is 0.421 e. The molecule has 0 radical (unpaired) electrons. The molecular formula is C27H31F3N5O4P. The minimum atomic E-state index is -4.77. The maximum absolute atomic E-state index is 13.9. The van der Waals surface area contributed by atoms with Gasteiger partial charge in [0, 0.05) is 38.3 Å². The molecule has 4 rings (SSSR count). The number of fused-ring (bicyclic) bond motifs is 1. The van der Waals surface area contributed by atoms with E-state index < -0.39 is 30.5 Å². The van der Waals surface area contributed by atoms with Crippen molar-refractivity contribution in [2.24, 2.45) is 0 Å². The lowest BCUT2D eigenvalue weighted by atomic mass is 9.90. The normalized spacial score (nSPS) is 15.1. The summed E-state index contributed by atoms with van der Waals surface area (Å²) in [5, 5.41) is 16.2. The first-order valence-corrected chi connectivity index (χ1v) is 14.8. The molecule has 3 N–H and O–H groups in total. The van der Waals surface area contributed by atoms with Crippen molar-refractivity contribution < 1.29 is 32.2 Å². The van der Waals surface area contributed by atoms with Gasteiger partial charge in [-0.1, -0.05) is 18.2 Å². The molecule has 0 saturated carbocycles. The SMILES string of the molecule is CCOP(C)(=O)Cc1ccc(Nc2ncc(C(F)(F)F)c(Nc3ccc(C(C)(C)O)c4c3C(=O)N(C)C4)n2)cc1. The van der Waals surface area contributed by atoms with Crippen molar-refractivity contribution >= 4 is 36.4 Å². The van der Waals surface area contributed by atoms with Gasteiger partial charge >= 0.3 is 6.18 Å². The van der Waals surface area contributed by atoms with E-state index in [0.717, 1.165) is 5.56 Å². The number of benzene rings is 2. The van der Waals surface area contributed by atoms with Crippen LogP contribution in [0.3, 0.4) is 0 Å². The molecule has 3 aromatic rings. The molecule has 0 bridgehead atoms. The number of carbonyl (C=O) groups is 1. The number of nitrogens with one attached hydrogen (secondary N) is 2. The average Bonchev–Trinajstić information content (AvgIpc) is 3.13. The van der Waals surface area contributed by atoms with Crippen LogP contribution in [0.5, 0.6) is 0 Å². The first-order valence-electron chi connectivity index (χ1n) is 12.5. The summed E-state index contributed by atoms with van der Waals surface area (Å²) in [4.78, 5) is 22.3. The quantitative estimate of drug-likeness (QED) is 0.256. The highest BCUT2D eigenvalue weighted by atomic mass is 31.2. The Bertz CT molecular complexity index is 1470. The Labute approximate surface area is 230 Å². The molecule has 2 aromatic carbocycles. The van der Waals surface area contributed by atoms with Gasteiger partial charge in [-0.25, -0.2) is 4.98 Å². The standard InChI is InChI=1S/C27H31F3N5O4P/c1-6-39-40(5,38)15-16-7-9-17(10-8-16)32-25-31-13-20(27(28,29)30)23(34-25)33-21-12-11-19(26(2,3)37)18-14-35(4)24(36)22(18)21/h7-13,37H,6,14-15H2,1-5H3,(H2,31,32,33,34). The Hall–Kier alpha value is -3.47. The summed E-state index contributed by atoms with van der Waals surface area (Å²) in [5.41, 5.74) is 0.270. The van der Waals surface area contributed by atoms with E-state index in [1.54, 1.807) is 64.8 Å². The molecule has 13 heteroatoms. The van der Waals surface area contributed by atoms with Gasteiger partial charge in [0.2, 0.25) is 13.3 Å². The van der Waals surface area contributed by atoms with Gasteiger partial charge in [0.25, 0.3) is 5.91 Å². The summed E-state index contributed by atoms with van der Waals surface area (Å²) in [6.07, 6.45) is -3.86. The molecule has 1 aromatic heterocycles. The molecule has 40 heavy (non-hydrogen) atoms. The Balaban J connectivity index is 1.66. The number of alkyl halides is 3.